The molecule has 1 atom stereocenters. The SMILES string of the molecule is Cc1nsc(-c2nnc(-c3ccnn3C3CC3(F)F)o2)n1. The van der Waals surface area contributed by atoms with E-state index in [1.165, 1.54) is 10.9 Å². The van der Waals surface area contributed by atoms with Crippen LogP contribution >= 0.6 is 11.5 Å². The highest BCUT2D eigenvalue weighted by molar-refractivity contribution is 7.09. The Morgan fingerprint density at radius 3 is 2.81 bits per heavy atom. The Morgan fingerprint density at radius 1 is 1.38 bits per heavy atom. The number of nitrogens with zero attached hydrogens (tertiary/aromatic N) is 6. The van der Waals surface area contributed by atoms with Crippen molar-refractivity contribution in [3.63, 3.8) is 0 Å². The van der Waals surface area contributed by atoms with Crippen molar-refractivity contribution < 1.29 is 13.2 Å². The van der Waals surface area contributed by atoms with Gasteiger partial charge in [-0.25, -0.2) is 13.8 Å². The molecule has 0 bridgehead atoms. The van der Waals surface area contributed by atoms with Gasteiger partial charge in [0.2, 0.25) is 5.01 Å². The minimum Gasteiger partial charge on any atom is -0.412 e. The molecule has 0 spiro atoms. The van der Waals surface area contributed by atoms with Gasteiger partial charge in [0.15, 0.2) is 0 Å². The molecule has 1 aliphatic carbocycles. The van der Waals surface area contributed by atoms with Gasteiger partial charge in [0, 0.05) is 12.6 Å². The van der Waals surface area contributed by atoms with Gasteiger partial charge < -0.3 is 4.42 Å². The maximum atomic E-state index is 13.2. The van der Waals surface area contributed by atoms with Gasteiger partial charge in [-0.05, 0) is 24.5 Å². The minimum absolute atomic E-state index is 0.137. The van der Waals surface area contributed by atoms with Crippen molar-refractivity contribution in [2.45, 2.75) is 25.3 Å². The summed E-state index contributed by atoms with van der Waals surface area (Å²) in [6, 6.07) is 0.624. The van der Waals surface area contributed by atoms with Crippen LogP contribution in [0.3, 0.4) is 0 Å². The van der Waals surface area contributed by atoms with Crippen molar-refractivity contribution in [3.8, 4) is 22.5 Å². The van der Waals surface area contributed by atoms with Crippen LogP contribution in [0.1, 0.15) is 18.3 Å². The van der Waals surface area contributed by atoms with Crippen LogP contribution in [0.2, 0.25) is 0 Å². The zero-order valence-electron chi connectivity index (χ0n) is 10.7. The van der Waals surface area contributed by atoms with Crippen LogP contribution in [0.25, 0.3) is 22.5 Å². The highest BCUT2D eigenvalue weighted by atomic mass is 32.1. The largest absolute Gasteiger partial charge is 0.412 e. The summed E-state index contributed by atoms with van der Waals surface area (Å²) in [6.45, 7) is 1.75. The van der Waals surface area contributed by atoms with E-state index in [1.807, 2.05) is 0 Å². The van der Waals surface area contributed by atoms with Crippen LogP contribution in [0.4, 0.5) is 8.78 Å². The van der Waals surface area contributed by atoms with Gasteiger partial charge in [0.25, 0.3) is 17.7 Å². The highest BCUT2D eigenvalue weighted by Crippen LogP contribution is 2.53. The standard InChI is InChI=1S/C11H8F2N6OS/c1-5-15-10(21-18-5)9-17-16-8(20-9)6-2-3-14-19(6)7-4-11(7,12)13/h2-3,7H,4H2,1H3. The molecule has 7 nitrogen and oxygen atoms in total. The average Bonchev–Trinajstić information content (AvgIpc) is 2.96. The van der Waals surface area contributed by atoms with Gasteiger partial charge in [0.05, 0.1) is 0 Å². The Bertz CT molecular complexity index is 809. The average molecular weight is 310 g/mol. The van der Waals surface area contributed by atoms with Crippen molar-refractivity contribution in [3.05, 3.63) is 18.1 Å². The summed E-state index contributed by atoms with van der Waals surface area (Å²) in [7, 11) is 0. The van der Waals surface area contributed by atoms with E-state index in [9.17, 15) is 8.78 Å². The van der Waals surface area contributed by atoms with Gasteiger partial charge in [-0.1, -0.05) is 0 Å². The molecular weight excluding hydrogens is 302 g/mol. The quantitative estimate of drug-likeness (QED) is 0.738. The molecule has 108 valence electrons. The third-order valence-corrected chi connectivity index (χ3v) is 3.91. The molecule has 1 saturated carbocycles. The number of rotatable bonds is 3. The summed E-state index contributed by atoms with van der Waals surface area (Å²) in [6.07, 6.45) is 1.21. The normalized spacial score (nSPS) is 19.9. The van der Waals surface area contributed by atoms with E-state index in [-0.39, 0.29) is 18.2 Å². The first-order valence-corrected chi connectivity index (χ1v) is 6.88. The van der Waals surface area contributed by atoms with Gasteiger partial charge in [0.1, 0.15) is 17.6 Å². The number of halogens is 2. The van der Waals surface area contributed by atoms with Gasteiger partial charge in [-0.15, -0.1) is 10.2 Å². The van der Waals surface area contributed by atoms with Crippen molar-refractivity contribution in [2.75, 3.05) is 0 Å². The Labute approximate surface area is 120 Å². The first kappa shape index (κ1) is 12.5. The van der Waals surface area contributed by atoms with Crippen LogP contribution in [-0.2, 0) is 0 Å². The lowest BCUT2D eigenvalue weighted by atomic mass is 10.4. The first-order chi connectivity index (χ1) is 10.0. The number of hydrogen-bond donors (Lipinski definition) is 0. The molecule has 3 heterocycles. The topological polar surface area (TPSA) is 82.5 Å². The van der Waals surface area contributed by atoms with Crippen LogP contribution in [-0.4, -0.2) is 35.3 Å². The number of aromatic nitrogens is 6. The smallest absolute Gasteiger partial charge is 0.278 e. The molecule has 21 heavy (non-hydrogen) atoms. The summed E-state index contributed by atoms with van der Waals surface area (Å²) in [5.41, 5.74) is 0.372. The monoisotopic (exact) mass is 310 g/mol. The number of hydrogen-bond acceptors (Lipinski definition) is 7. The second kappa shape index (κ2) is 4.13. The molecule has 3 aromatic heterocycles. The zero-order valence-corrected chi connectivity index (χ0v) is 11.5. The fraction of sp³-hybridized carbons (Fsp3) is 0.364. The molecule has 10 heteroatoms. The molecule has 1 fully saturated rings. The molecule has 1 unspecified atom stereocenters. The molecule has 0 aromatic carbocycles. The van der Waals surface area contributed by atoms with Gasteiger partial charge in [-0.2, -0.15) is 9.47 Å². The maximum absolute atomic E-state index is 13.2. The highest BCUT2D eigenvalue weighted by Gasteiger charge is 2.59. The lowest BCUT2D eigenvalue weighted by Gasteiger charge is -2.02. The van der Waals surface area contributed by atoms with Crippen molar-refractivity contribution >= 4 is 11.5 Å². The van der Waals surface area contributed by atoms with Crippen molar-refractivity contribution in [1.82, 2.24) is 29.3 Å². The molecule has 3 aromatic rings. The van der Waals surface area contributed by atoms with Crippen LogP contribution in [0.15, 0.2) is 16.7 Å². The Morgan fingerprint density at radius 2 is 2.14 bits per heavy atom. The van der Waals surface area contributed by atoms with E-state index in [1.54, 1.807) is 13.0 Å². The van der Waals surface area contributed by atoms with Crippen LogP contribution < -0.4 is 0 Å². The predicted octanol–water partition coefficient (Wildman–Crippen LogP) is 2.34. The van der Waals surface area contributed by atoms with E-state index in [0.29, 0.717) is 16.5 Å². The van der Waals surface area contributed by atoms with Gasteiger partial charge in [-0.3, -0.25) is 4.68 Å². The van der Waals surface area contributed by atoms with Crippen molar-refractivity contribution in [2.24, 2.45) is 0 Å². The third kappa shape index (κ3) is 2.02. The molecule has 0 N–H and O–H groups in total. The summed E-state index contributed by atoms with van der Waals surface area (Å²) in [5.74, 6) is -1.76. The lowest BCUT2D eigenvalue weighted by molar-refractivity contribution is 0.0986. The Hall–Kier alpha value is -2.23. The molecule has 0 saturated heterocycles. The van der Waals surface area contributed by atoms with E-state index >= 15 is 0 Å². The van der Waals surface area contributed by atoms with Gasteiger partial charge >= 0.3 is 0 Å². The lowest BCUT2D eigenvalue weighted by Crippen LogP contribution is -2.05. The van der Waals surface area contributed by atoms with Crippen LogP contribution in [0, 0.1) is 6.92 Å². The molecular formula is C11H8F2N6OS. The Balaban J connectivity index is 1.69. The number of aryl methyl sites for hydroxylation is 1. The van der Waals surface area contributed by atoms with Crippen molar-refractivity contribution in [1.29, 1.82) is 0 Å². The summed E-state index contributed by atoms with van der Waals surface area (Å²) >= 11 is 1.14. The molecule has 0 radical (unpaired) electrons. The number of alkyl halides is 2. The molecule has 4 rings (SSSR count). The Kier molecular flexibility index (Phi) is 2.46. The van der Waals surface area contributed by atoms with E-state index in [0.717, 1.165) is 11.5 Å². The second-order valence-corrected chi connectivity index (χ2v) is 5.45. The summed E-state index contributed by atoms with van der Waals surface area (Å²) < 4.78 is 37.1. The van der Waals surface area contributed by atoms with E-state index in [2.05, 4.69) is 24.7 Å². The van der Waals surface area contributed by atoms with E-state index in [4.69, 9.17) is 4.42 Å². The van der Waals surface area contributed by atoms with E-state index < -0.39 is 12.0 Å². The minimum atomic E-state index is -2.72. The predicted molar refractivity (Wildman–Crippen MR) is 67.8 cm³/mol. The summed E-state index contributed by atoms with van der Waals surface area (Å²) in [4.78, 5) is 4.14. The fourth-order valence-electron chi connectivity index (χ4n) is 1.99. The third-order valence-electron chi connectivity index (χ3n) is 3.11. The van der Waals surface area contributed by atoms with Crippen LogP contribution in [0.5, 0.6) is 0 Å². The molecule has 0 amide bonds. The second-order valence-electron chi connectivity index (χ2n) is 4.70. The zero-order chi connectivity index (χ0) is 14.6. The maximum Gasteiger partial charge on any atom is 0.278 e. The molecule has 0 aliphatic heterocycles. The summed E-state index contributed by atoms with van der Waals surface area (Å²) in [5, 5.41) is 12.2. The fourth-order valence-corrected chi connectivity index (χ4v) is 2.59. The molecule has 1 aliphatic rings. The first-order valence-electron chi connectivity index (χ1n) is 6.10.